The van der Waals surface area contributed by atoms with Crippen LogP contribution in [-0.4, -0.2) is 30.8 Å². The second-order valence-electron chi connectivity index (χ2n) is 4.50. The minimum atomic E-state index is 0.00670. The van der Waals surface area contributed by atoms with Gasteiger partial charge in [0, 0.05) is 12.5 Å². The van der Waals surface area contributed by atoms with Crippen molar-refractivity contribution in [3.05, 3.63) is 29.8 Å². The van der Waals surface area contributed by atoms with Crippen molar-refractivity contribution in [1.29, 1.82) is 0 Å². The lowest BCUT2D eigenvalue weighted by molar-refractivity contribution is -0.122. The summed E-state index contributed by atoms with van der Waals surface area (Å²) in [6, 6.07) is 7.71. The molecule has 4 heteroatoms. The third-order valence-electron chi connectivity index (χ3n) is 2.96. The van der Waals surface area contributed by atoms with E-state index in [9.17, 15) is 4.79 Å². The van der Waals surface area contributed by atoms with Crippen LogP contribution in [0.4, 0.5) is 0 Å². The van der Waals surface area contributed by atoms with Crippen LogP contribution < -0.4 is 10.1 Å². The van der Waals surface area contributed by atoms with Crippen LogP contribution >= 0.6 is 0 Å². The van der Waals surface area contributed by atoms with E-state index in [4.69, 9.17) is 9.84 Å². The van der Waals surface area contributed by atoms with Gasteiger partial charge in [-0.25, -0.2) is 0 Å². The van der Waals surface area contributed by atoms with Gasteiger partial charge in [-0.05, 0) is 30.9 Å². The molecule has 2 N–H and O–H groups in total. The molecule has 0 atom stereocenters. The van der Waals surface area contributed by atoms with Crippen molar-refractivity contribution in [3.63, 3.8) is 0 Å². The fourth-order valence-electron chi connectivity index (χ4n) is 1.82. The van der Waals surface area contributed by atoms with Crippen LogP contribution in [0.5, 0.6) is 5.75 Å². The molecule has 0 saturated heterocycles. The molecule has 1 fully saturated rings. The van der Waals surface area contributed by atoms with Crippen molar-refractivity contribution in [3.8, 4) is 5.75 Å². The Labute approximate surface area is 107 Å². The zero-order chi connectivity index (χ0) is 12.8. The number of hydrogen-bond acceptors (Lipinski definition) is 3. The number of nitrogens with one attached hydrogen (secondary N) is 1. The number of para-hydroxylation sites is 1. The molecule has 0 bridgehead atoms. The van der Waals surface area contributed by atoms with Gasteiger partial charge in [-0.15, -0.1) is 0 Å². The van der Waals surface area contributed by atoms with E-state index in [2.05, 4.69) is 5.32 Å². The van der Waals surface area contributed by atoms with E-state index in [1.54, 1.807) is 0 Å². The van der Waals surface area contributed by atoms with E-state index in [0.717, 1.165) is 30.6 Å². The molecule has 0 aromatic heterocycles. The van der Waals surface area contributed by atoms with Crippen molar-refractivity contribution < 1.29 is 14.6 Å². The summed E-state index contributed by atoms with van der Waals surface area (Å²) in [5, 5.41) is 11.7. The number of rotatable bonds is 7. The molecule has 2 rings (SSSR count). The third kappa shape index (κ3) is 3.74. The fraction of sp³-hybridized carbons (Fsp3) is 0.500. The van der Waals surface area contributed by atoms with Crippen LogP contribution in [0, 0.1) is 5.92 Å². The van der Waals surface area contributed by atoms with Crippen LogP contribution in [0.25, 0.3) is 0 Å². The predicted molar refractivity (Wildman–Crippen MR) is 68.5 cm³/mol. The summed E-state index contributed by atoms with van der Waals surface area (Å²) in [6.45, 7) is 0.938. The standard InChI is InChI=1S/C14H19NO3/c16-9-10-18-13-4-2-1-3-11(13)7-8-15-14(17)12-5-6-12/h1-4,12,16H,5-10H2,(H,15,17). The summed E-state index contributed by atoms with van der Waals surface area (Å²) in [5.41, 5.74) is 1.06. The average molecular weight is 249 g/mol. The first-order valence-corrected chi connectivity index (χ1v) is 6.40. The summed E-state index contributed by atoms with van der Waals surface area (Å²) in [7, 11) is 0. The second kappa shape index (κ2) is 6.40. The highest BCUT2D eigenvalue weighted by molar-refractivity contribution is 5.80. The number of hydrogen-bond donors (Lipinski definition) is 2. The van der Waals surface area contributed by atoms with Gasteiger partial charge >= 0.3 is 0 Å². The minimum Gasteiger partial charge on any atom is -0.491 e. The maximum absolute atomic E-state index is 11.5. The van der Waals surface area contributed by atoms with Gasteiger partial charge in [0.15, 0.2) is 0 Å². The molecule has 1 aliphatic rings. The zero-order valence-electron chi connectivity index (χ0n) is 10.4. The average Bonchev–Trinajstić information content (AvgIpc) is 3.22. The van der Waals surface area contributed by atoms with Gasteiger partial charge in [0.2, 0.25) is 5.91 Å². The molecule has 0 aliphatic heterocycles. The monoisotopic (exact) mass is 249 g/mol. The Kier molecular flexibility index (Phi) is 4.59. The maximum Gasteiger partial charge on any atom is 0.223 e. The maximum atomic E-state index is 11.5. The number of ether oxygens (including phenoxy) is 1. The lowest BCUT2D eigenvalue weighted by Gasteiger charge is -2.11. The van der Waals surface area contributed by atoms with Crippen molar-refractivity contribution in [2.45, 2.75) is 19.3 Å². The van der Waals surface area contributed by atoms with Gasteiger partial charge in [0.1, 0.15) is 12.4 Å². The summed E-state index contributed by atoms with van der Waals surface area (Å²) < 4.78 is 5.44. The lowest BCUT2D eigenvalue weighted by atomic mass is 10.1. The molecular formula is C14H19NO3. The first-order chi connectivity index (χ1) is 8.81. The molecular weight excluding hydrogens is 230 g/mol. The highest BCUT2D eigenvalue weighted by atomic mass is 16.5. The predicted octanol–water partition coefficient (Wildman–Crippen LogP) is 1.13. The van der Waals surface area contributed by atoms with Gasteiger partial charge in [-0.2, -0.15) is 0 Å². The first kappa shape index (κ1) is 12.9. The molecule has 0 spiro atoms. The first-order valence-electron chi connectivity index (χ1n) is 6.40. The van der Waals surface area contributed by atoms with Crippen molar-refractivity contribution in [2.75, 3.05) is 19.8 Å². The molecule has 1 saturated carbocycles. The van der Waals surface area contributed by atoms with Gasteiger partial charge in [0.05, 0.1) is 6.61 Å². The highest BCUT2D eigenvalue weighted by Gasteiger charge is 2.29. The normalized spacial score (nSPS) is 14.3. The topological polar surface area (TPSA) is 58.6 Å². The Bertz CT molecular complexity index is 402. The summed E-state index contributed by atoms with van der Waals surface area (Å²) >= 11 is 0. The molecule has 1 aromatic rings. The molecule has 0 unspecified atom stereocenters. The van der Waals surface area contributed by atoms with Gasteiger partial charge < -0.3 is 15.2 Å². The van der Waals surface area contributed by atoms with E-state index in [1.807, 2.05) is 24.3 Å². The minimum absolute atomic E-state index is 0.00670. The number of amides is 1. The quantitative estimate of drug-likeness (QED) is 0.761. The zero-order valence-corrected chi connectivity index (χ0v) is 10.4. The van der Waals surface area contributed by atoms with E-state index >= 15 is 0 Å². The molecule has 4 nitrogen and oxygen atoms in total. The number of aliphatic hydroxyl groups is 1. The number of carbonyl (C=O) groups excluding carboxylic acids is 1. The Morgan fingerprint density at radius 3 is 2.89 bits per heavy atom. The molecule has 1 amide bonds. The van der Waals surface area contributed by atoms with Gasteiger partial charge in [-0.3, -0.25) is 4.79 Å². The molecule has 0 heterocycles. The Balaban J connectivity index is 1.81. The van der Waals surface area contributed by atoms with E-state index in [1.165, 1.54) is 0 Å². The highest BCUT2D eigenvalue weighted by Crippen LogP contribution is 2.28. The Hall–Kier alpha value is -1.55. The summed E-state index contributed by atoms with van der Waals surface area (Å²) in [6.07, 6.45) is 2.81. The van der Waals surface area contributed by atoms with Crippen LogP contribution in [-0.2, 0) is 11.2 Å². The summed E-state index contributed by atoms with van der Waals surface area (Å²) in [5.74, 6) is 1.21. The van der Waals surface area contributed by atoms with Crippen LogP contribution in [0.15, 0.2) is 24.3 Å². The largest absolute Gasteiger partial charge is 0.491 e. The SMILES string of the molecule is O=C(NCCc1ccccc1OCCO)C1CC1. The Morgan fingerprint density at radius 1 is 1.39 bits per heavy atom. The van der Waals surface area contributed by atoms with Gasteiger partial charge in [-0.1, -0.05) is 18.2 Å². The van der Waals surface area contributed by atoms with Crippen LogP contribution in [0.2, 0.25) is 0 Å². The van der Waals surface area contributed by atoms with E-state index < -0.39 is 0 Å². The van der Waals surface area contributed by atoms with Gasteiger partial charge in [0.25, 0.3) is 0 Å². The molecule has 1 aliphatic carbocycles. The molecule has 98 valence electrons. The second-order valence-corrected chi connectivity index (χ2v) is 4.50. The number of aliphatic hydroxyl groups excluding tert-OH is 1. The molecule has 0 radical (unpaired) electrons. The number of benzene rings is 1. The summed E-state index contributed by atoms with van der Waals surface area (Å²) in [4.78, 5) is 11.5. The molecule has 18 heavy (non-hydrogen) atoms. The van der Waals surface area contributed by atoms with E-state index in [-0.39, 0.29) is 18.4 Å². The fourth-order valence-corrected chi connectivity index (χ4v) is 1.82. The lowest BCUT2D eigenvalue weighted by Crippen LogP contribution is -2.27. The smallest absolute Gasteiger partial charge is 0.223 e. The number of carbonyl (C=O) groups is 1. The Morgan fingerprint density at radius 2 is 2.17 bits per heavy atom. The van der Waals surface area contributed by atoms with Crippen LogP contribution in [0.3, 0.4) is 0 Å². The van der Waals surface area contributed by atoms with Crippen LogP contribution in [0.1, 0.15) is 18.4 Å². The van der Waals surface area contributed by atoms with Crippen molar-refractivity contribution in [2.24, 2.45) is 5.92 Å². The van der Waals surface area contributed by atoms with Crippen molar-refractivity contribution >= 4 is 5.91 Å². The van der Waals surface area contributed by atoms with Crippen molar-refractivity contribution in [1.82, 2.24) is 5.32 Å². The molecule has 1 aromatic carbocycles. The van der Waals surface area contributed by atoms with E-state index in [0.29, 0.717) is 13.2 Å². The third-order valence-corrected chi connectivity index (χ3v) is 2.96.